The zero-order valence-electron chi connectivity index (χ0n) is 11.5. The summed E-state index contributed by atoms with van der Waals surface area (Å²) in [6.45, 7) is 2.98. The largest absolute Gasteiger partial charge is 0.384 e. The second-order valence-corrected chi connectivity index (χ2v) is 4.36. The fourth-order valence-corrected chi connectivity index (χ4v) is 1.76. The molecule has 0 fully saturated rings. The lowest BCUT2D eigenvalue weighted by molar-refractivity contribution is 0.102. The Bertz CT molecular complexity index is 588. The highest BCUT2D eigenvalue weighted by Crippen LogP contribution is 2.11. The Morgan fingerprint density at radius 1 is 1.50 bits per heavy atom. The van der Waals surface area contributed by atoms with Crippen LogP contribution >= 0.6 is 0 Å². The number of methoxy groups -OCH3 is 1. The van der Waals surface area contributed by atoms with E-state index < -0.39 is 0 Å². The third-order valence-electron chi connectivity index (χ3n) is 2.65. The number of carbonyl (C=O) groups excluding carboxylic acids is 1. The number of anilines is 2. The van der Waals surface area contributed by atoms with E-state index in [0.717, 1.165) is 0 Å². The fraction of sp³-hybridized carbons (Fsp3) is 0.308. The first-order valence-corrected chi connectivity index (χ1v) is 6.15. The van der Waals surface area contributed by atoms with Crippen molar-refractivity contribution in [3.8, 4) is 0 Å². The number of amides is 1. The molecule has 106 valence electrons. The molecule has 7 heteroatoms. The predicted octanol–water partition coefficient (Wildman–Crippen LogP) is 1.07. The molecule has 1 amide bonds. The number of nitrogen functional groups attached to an aromatic ring is 1. The van der Waals surface area contributed by atoms with E-state index in [4.69, 9.17) is 10.5 Å². The third-order valence-corrected chi connectivity index (χ3v) is 2.65. The Labute approximate surface area is 116 Å². The second kappa shape index (κ2) is 6.16. The Balaban J connectivity index is 2.05. The van der Waals surface area contributed by atoms with Crippen molar-refractivity contribution in [2.24, 2.45) is 0 Å². The van der Waals surface area contributed by atoms with Crippen LogP contribution in [0, 0.1) is 6.92 Å². The molecule has 0 unspecified atom stereocenters. The van der Waals surface area contributed by atoms with Crippen LogP contribution in [0.1, 0.15) is 16.1 Å². The molecule has 2 rings (SSSR count). The Hall–Kier alpha value is -2.41. The van der Waals surface area contributed by atoms with E-state index in [2.05, 4.69) is 15.4 Å². The van der Waals surface area contributed by atoms with Crippen molar-refractivity contribution in [1.29, 1.82) is 0 Å². The van der Waals surface area contributed by atoms with Gasteiger partial charge < -0.3 is 15.8 Å². The summed E-state index contributed by atoms with van der Waals surface area (Å²) >= 11 is 0. The number of nitrogens with two attached hydrogens (primary N) is 1. The zero-order valence-corrected chi connectivity index (χ0v) is 11.5. The monoisotopic (exact) mass is 275 g/mol. The van der Waals surface area contributed by atoms with Gasteiger partial charge in [-0.2, -0.15) is 5.10 Å². The topological polar surface area (TPSA) is 95.1 Å². The van der Waals surface area contributed by atoms with Gasteiger partial charge in [0.25, 0.3) is 5.91 Å². The fourth-order valence-electron chi connectivity index (χ4n) is 1.76. The van der Waals surface area contributed by atoms with Gasteiger partial charge in [-0.3, -0.25) is 9.48 Å². The maximum atomic E-state index is 12.1. The lowest BCUT2D eigenvalue weighted by Crippen LogP contribution is -2.12. The predicted molar refractivity (Wildman–Crippen MR) is 75.4 cm³/mol. The second-order valence-electron chi connectivity index (χ2n) is 4.36. The quantitative estimate of drug-likeness (QED) is 0.851. The van der Waals surface area contributed by atoms with E-state index >= 15 is 0 Å². The Kier molecular flexibility index (Phi) is 4.31. The van der Waals surface area contributed by atoms with Crippen LogP contribution in [0.3, 0.4) is 0 Å². The average Bonchev–Trinajstić information content (AvgIpc) is 2.82. The molecule has 0 bridgehead atoms. The van der Waals surface area contributed by atoms with Crippen molar-refractivity contribution >= 4 is 17.4 Å². The minimum absolute atomic E-state index is 0.242. The maximum Gasteiger partial charge on any atom is 0.255 e. The van der Waals surface area contributed by atoms with Crippen LogP contribution < -0.4 is 11.1 Å². The molecule has 0 spiro atoms. The van der Waals surface area contributed by atoms with E-state index in [1.54, 1.807) is 37.2 Å². The summed E-state index contributed by atoms with van der Waals surface area (Å²) in [5.41, 5.74) is 7.42. The molecule has 2 aromatic rings. The molecular weight excluding hydrogens is 258 g/mol. The third kappa shape index (κ3) is 3.55. The van der Waals surface area contributed by atoms with Gasteiger partial charge in [-0.1, -0.05) is 0 Å². The van der Waals surface area contributed by atoms with Crippen molar-refractivity contribution in [2.45, 2.75) is 13.5 Å². The van der Waals surface area contributed by atoms with Crippen LogP contribution in [-0.4, -0.2) is 34.4 Å². The lowest BCUT2D eigenvalue weighted by Gasteiger charge is -2.04. The van der Waals surface area contributed by atoms with Gasteiger partial charge >= 0.3 is 0 Å². The zero-order chi connectivity index (χ0) is 14.5. The molecule has 3 N–H and O–H groups in total. The van der Waals surface area contributed by atoms with Gasteiger partial charge in [0.15, 0.2) is 0 Å². The van der Waals surface area contributed by atoms with Gasteiger partial charge in [0.2, 0.25) is 0 Å². The lowest BCUT2D eigenvalue weighted by atomic mass is 10.2. The number of aromatic nitrogens is 3. The first-order chi connectivity index (χ1) is 9.58. The molecule has 0 saturated heterocycles. The van der Waals surface area contributed by atoms with E-state index in [-0.39, 0.29) is 5.91 Å². The summed E-state index contributed by atoms with van der Waals surface area (Å²) in [5, 5.41) is 6.88. The van der Waals surface area contributed by atoms with Crippen LogP contribution in [-0.2, 0) is 11.3 Å². The molecule has 0 radical (unpaired) electrons. The average molecular weight is 275 g/mol. The van der Waals surface area contributed by atoms with E-state index in [0.29, 0.717) is 35.9 Å². The van der Waals surface area contributed by atoms with Crippen LogP contribution in [0.25, 0.3) is 0 Å². The Morgan fingerprint density at radius 2 is 2.30 bits per heavy atom. The minimum atomic E-state index is -0.242. The molecule has 2 aromatic heterocycles. The number of rotatable bonds is 5. The molecule has 0 aliphatic rings. The maximum absolute atomic E-state index is 12.1. The number of hydrogen-bond acceptors (Lipinski definition) is 5. The molecule has 0 aliphatic carbocycles. The van der Waals surface area contributed by atoms with E-state index in [9.17, 15) is 4.79 Å². The molecule has 0 aliphatic heterocycles. The summed E-state index contributed by atoms with van der Waals surface area (Å²) in [5.74, 6) is 0.0828. The van der Waals surface area contributed by atoms with Crippen LogP contribution in [0.5, 0.6) is 0 Å². The molecule has 0 atom stereocenters. The first kappa shape index (κ1) is 14.0. The van der Waals surface area contributed by atoms with Crippen molar-refractivity contribution in [3.63, 3.8) is 0 Å². The van der Waals surface area contributed by atoms with Gasteiger partial charge in [-0.05, 0) is 19.1 Å². The van der Waals surface area contributed by atoms with Crippen LogP contribution in [0.2, 0.25) is 0 Å². The summed E-state index contributed by atoms with van der Waals surface area (Å²) in [7, 11) is 1.63. The molecule has 2 heterocycles. The number of pyridine rings is 1. The highest BCUT2D eigenvalue weighted by atomic mass is 16.5. The highest BCUT2D eigenvalue weighted by molar-refractivity contribution is 6.04. The SMILES string of the molecule is COCCn1cc(NC(=O)c2cc(C)nc(N)c2)cn1. The van der Waals surface area contributed by atoms with Gasteiger partial charge in [-0.25, -0.2) is 4.98 Å². The summed E-state index contributed by atoms with van der Waals surface area (Å²) < 4.78 is 6.66. The van der Waals surface area contributed by atoms with Gasteiger partial charge in [-0.15, -0.1) is 0 Å². The molecule has 7 nitrogen and oxygen atoms in total. The van der Waals surface area contributed by atoms with Crippen LogP contribution in [0.15, 0.2) is 24.5 Å². The summed E-state index contributed by atoms with van der Waals surface area (Å²) in [4.78, 5) is 16.1. The van der Waals surface area contributed by atoms with Gasteiger partial charge in [0.1, 0.15) is 5.82 Å². The number of nitrogens with zero attached hydrogens (tertiary/aromatic N) is 3. The normalized spacial score (nSPS) is 10.5. The molecule has 0 aromatic carbocycles. The van der Waals surface area contributed by atoms with Gasteiger partial charge in [0, 0.05) is 24.6 Å². The van der Waals surface area contributed by atoms with Crippen LogP contribution in [0.4, 0.5) is 11.5 Å². The van der Waals surface area contributed by atoms with Crippen molar-refractivity contribution < 1.29 is 9.53 Å². The molecule has 0 saturated carbocycles. The smallest absolute Gasteiger partial charge is 0.255 e. The van der Waals surface area contributed by atoms with Crippen molar-refractivity contribution in [3.05, 3.63) is 35.8 Å². The number of carbonyl (C=O) groups is 1. The van der Waals surface area contributed by atoms with E-state index in [1.165, 1.54) is 6.07 Å². The number of aryl methyl sites for hydroxylation is 1. The molecule has 20 heavy (non-hydrogen) atoms. The van der Waals surface area contributed by atoms with Crippen molar-refractivity contribution in [1.82, 2.24) is 14.8 Å². The minimum Gasteiger partial charge on any atom is -0.384 e. The highest BCUT2D eigenvalue weighted by Gasteiger charge is 2.09. The van der Waals surface area contributed by atoms with Gasteiger partial charge in [0.05, 0.1) is 25.0 Å². The summed E-state index contributed by atoms with van der Waals surface area (Å²) in [6.07, 6.45) is 3.33. The van der Waals surface area contributed by atoms with Crippen molar-refractivity contribution in [2.75, 3.05) is 24.8 Å². The number of hydrogen-bond donors (Lipinski definition) is 2. The van der Waals surface area contributed by atoms with E-state index in [1.807, 2.05) is 0 Å². The standard InChI is InChI=1S/C13H17N5O2/c1-9-5-10(6-12(14)16-9)13(19)17-11-7-15-18(8-11)3-4-20-2/h5-8H,3-4H2,1-2H3,(H2,14,16)(H,17,19). The Morgan fingerprint density at radius 3 is 3.00 bits per heavy atom. The first-order valence-electron chi connectivity index (χ1n) is 6.15. The number of ether oxygens (including phenoxy) is 1. The summed E-state index contributed by atoms with van der Waals surface area (Å²) in [6, 6.07) is 3.22. The molecular formula is C13H17N5O2. The number of nitrogens with one attached hydrogen (secondary N) is 1.